The molecule has 26 heavy (non-hydrogen) atoms. The number of anilines is 2. The van der Waals surface area contributed by atoms with Gasteiger partial charge in [-0.2, -0.15) is 0 Å². The molecule has 3 nitrogen and oxygen atoms in total. The molecule has 1 aliphatic carbocycles. The van der Waals surface area contributed by atoms with Crippen molar-refractivity contribution in [3.05, 3.63) is 42.0 Å². The van der Waals surface area contributed by atoms with Crippen molar-refractivity contribution in [2.24, 2.45) is 5.92 Å². The molecule has 1 atom stereocenters. The van der Waals surface area contributed by atoms with Gasteiger partial charge in [-0.25, -0.2) is 0 Å². The minimum absolute atomic E-state index is 0.294. The number of hydrogen-bond acceptors (Lipinski definition) is 3. The second kappa shape index (κ2) is 14.3. The number of nitrogens with one attached hydrogen (secondary N) is 1. The third-order valence-electron chi connectivity index (χ3n) is 4.03. The zero-order valence-corrected chi connectivity index (χ0v) is 18.0. The van der Waals surface area contributed by atoms with E-state index < -0.39 is 0 Å². The topological polar surface area (TPSA) is 35.5 Å². The van der Waals surface area contributed by atoms with Crippen LogP contribution in [0.4, 0.5) is 11.4 Å². The van der Waals surface area contributed by atoms with Gasteiger partial charge < -0.3 is 15.3 Å². The fourth-order valence-corrected chi connectivity index (χ4v) is 2.71. The van der Waals surface area contributed by atoms with Crippen molar-refractivity contribution in [2.45, 2.75) is 60.3 Å². The van der Waals surface area contributed by atoms with E-state index in [0.717, 1.165) is 30.3 Å². The van der Waals surface area contributed by atoms with Gasteiger partial charge in [0.15, 0.2) is 0 Å². The lowest BCUT2D eigenvalue weighted by atomic mass is 9.95. The molecule has 0 bridgehead atoms. The first-order valence-corrected chi connectivity index (χ1v) is 10.0. The maximum atomic E-state index is 9.32. The van der Waals surface area contributed by atoms with Gasteiger partial charge in [0, 0.05) is 26.7 Å². The number of phenols is 1. The van der Waals surface area contributed by atoms with Crippen molar-refractivity contribution in [1.29, 1.82) is 0 Å². The molecule has 0 radical (unpaired) electrons. The highest BCUT2D eigenvalue weighted by Crippen LogP contribution is 2.28. The number of rotatable bonds is 5. The minimum Gasteiger partial charge on any atom is -0.508 e. The van der Waals surface area contributed by atoms with Crippen LogP contribution in [0.5, 0.6) is 5.75 Å². The monoisotopic (exact) mass is 360 g/mol. The molecule has 0 aliphatic heterocycles. The average Bonchev–Trinajstić information content (AvgIpc) is 2.63. The first kappa shape index (κ1) is 24.1. The van der Waals surface area contributed by atoms with Crippen LogP contribution in [-0.4, -0.2) is 25.7 Å². The van der Waals surface area contributed by atoms with Crippen LogP contribution in [0.3, 0.4) is 0 Å². The highest BCUT2D eigenvalue weighted by atomic mass is 16.3. The Labute approximate surface area is 161 Å². The molecule has 0 aromatic heterocycles. The van der Waals surface area contributed by atoms with Crippen LogP contribution < -0.4 is 10.2 Å². The third kappa shape index (κ3) is 9.55. The predicted octanol–water partition coefficient (Wildman–Crippen LogP) is 6.62. The Kier molecular flexibility index (Phi) is 13.2. The molecular formula is C23H40N2O. The SMILES string of the molecule is CCC.CCC1=CC=CC(C)C1.CCCN(C)c1ccc(O)cc1NC. The Morgan fingerprint density at radius 2 is 1.85 bits per heavy atom. The number of allylic oxidation sites excluding steroid dienone is 4. The highest BCUT2D eigenvalue weighted by Gasteiger charge is 2.06. The van der Waals surface area contributed by atoms with Gasteiger partial charge >= 0.3 is 0 Å². The van der Waals surface area contributed by atoms with E-state index in [-0.39, 0.29) is 0 Å². The molecule has 148 valence electrons. The maximum Gasteiger partial charge on any atom is 0.117 e. The molecule has 0 spiro atoms. The molecule has 1 unspecified atom stereocenters. The van der Waals surface area contributed by atoms with Crippen molar-refractivity contribution >= 4 is 11.4 Å². The van der Waals surface area contributed by atoms with Gasteiger partial charge in [0.2, 0.25) is 0 Å². The fourth-order valence-electron chi connectivity index (χ4n) is 2.71. The van der Waals surface area contributed by atoms with Crippen LogP contribution in [0.2, 0.25) is 0 Å². The summed E-state index contributed by atoms with van der Waals surface area (Å²) < 4.78 is 0. The van der Waals surface area contributed by atoms with Crippen LogP contribution >= 0.6 is 0 Å². The molecule has 0 heterocycles. The average molecular weight is 361 g/mol. The lowest BCUT2D eigenvalue weighted by Gasteiger charge is -2.21. The van der Waals surface area contributed by atoms with Gasteiger partial charge in [0.1, 0.15) is 5.75 Å². The lowest BCUT2D eigenvalue weighted by Crippen LogP contribution is -2.18. The summed E-state index contributed by atoms with van der Waals surface area (Å²) in [6.07, 6.45) is 11.5. The third-order valence-corrected chi connectivity index (χ3v) is 4.03. The standard InChI is InChI=1S/C11H18N2O.C9H14.C3H8/c1-4-7-13(3)11-6-5-9(14)8-10(11)12-2;1-3-9-6-4-5-8(2)7-9;1-3-2/h5-6,8,12,14H,4,7H2,1-3H3;4-6,8H,3,7H2,1-2H3;3H2,1-2H3. The van der Waals surface area contributed by atoms with Crippen molar-refractivity contribution in [3.8, 4) is 5.75 Å². The largest absolute Gasteiger partial charge is 0.508 e. The summed E-state index contributed by atoms with van der Waals surface area (Å²) in [4.78, 5) is 2.17. The number of benzene rings is 1. The van der Waals surface area contributed by atoms with Crippen LogP contribution in [0.25, 0.3) is 0 Å². The Balaban J connectivity index is 0.000000446. The number of nitrogens with zero attached hydrogens (tertiary/aromatic N) is 1. The van der Waals surface area contributed by atoms with Crippen LogP contribution in [-0.2, 0) is 0 Å². The number of aromatic hydroxyl groups is 1. The van der Waals surface area contributed by atoms with Gasteiger partial charge in [-0.1, -0.05) is 64.8 Å². The zero-order valence-electron chi connectivity index (χ0n) is 18.0. The lowest BCUT2D eigenvalue weighted by molar-refractivity contribution is 0.475. The molecular weight excluding hydrogens is 320 g/mol. The Hall–Kier alpha value is -1.90. The van der Waals surface area contributed by atoms with Gasteiger partial charge in [-0.15, -0.1) is 0 Å². The summed E-state index contributed by atoms with van der Waals surface area (Å²) >= 11 is 0. The molecule has 2 rings (SSSR count). The maximum absolute atomic E-state index is 9.32. The predicted molar refractivity (Wildman–Crippen MR) is 118 cm³/mol. The molecule has 2 N–H and O–H groups in total. The fraction of sp³-hybridized carbons (Fsp3) is 0.565. The van der Waals surface area contributed by atoms with Crippen molar-refractivity contribution in [2.75, 3.05) is 30.9 Å². The van der Waals surface area contributed by atoms with Gasteiger partial charge in [-0.3, -0.25) is 0 Å². The molecule has 1 aromatic rings. The molecule has 0 amide bonds. The van der Waals surface area contributed by atoms with Crippen LogP contribution in [0, 0.1) is 5.92 Å². The van der Waals surface area contributed by atoms with E-state index in [4.69, 9.17) is 0 Å². The van der Waals surface area contributed by atoms with Crippen molar-refractivity contribution < 1.29 is 5.11 Å². The van der Waals surface area contributed by atoms with Crippen LogP contribution in [0.15, 0.2) is 42.0 Å². The van der Waals surface area contributed by atoms with E-state index in [1.54, 1.807) is 17.7 Å². The second-order valence-electron chi connectivity index (χ2n) is 6.82. The quantitative estimate of drug-likeness (QED) is 0.619. The molecule has 0 saturated carbocycles. The molecule has 0 fully saturated rings. The van der Waals surface area contributed by atoms with E-state index in [0.29, 0.717) is 5.75 Å². The molecule has 1 aromatic carbocycles. The van der Waals surface area contributed by atoms with Crippen molar-refractivity contribution in [3.63, 3.8) is 0 Å². The Morgan fingerprint density at radius 1 is 1.19 bits per heavy atom. The molecule has 1 aliphatic rings. The zero-order chi connectivity index (χ0) is 19.9. The van der Waals surface area contributed by atoms with E-state index >= 15 is 0 Å². The van der Waals surface area contributed by atoms with Crippen LogP contribution in [0.1, 0.15) is 60.3 Å². The summed E-state index contributed by atoms with van der Waals surface area (Å²) in [6.45, 7) is 11.9. The first-order valence-electron chi connectivity index (χ1n) is 10.0. The van der Waals surface area contributed by atoms with Gasteiger partial charge in [-0.05, 0) is 37.3 Å². The van der Waals surface area contributed by atoms with Gasteiger partial charge in [0.25, 0.3) is 0 Å². The van der Waals surface area contributed by atoms with E-state index in [9.17, 15) is 5.11 Å². The second-order valence-corrected chi connectivity index (χ2v) is 6.82. The first-order chi connectivity index (χ1) is 12.4. The number of hydrogen-bond donors (Lipinski definition) is 2. The molecule has 3 heteroatoms. The minimum atomic E-state index is 0.294. The Bertz CT molecular complexity index is 549. The van der Waals surface area contributed by atoms with E-state index in [1.165, 1.54) is 19.3 Å². The van der Waals surface area contributed by atoms with Gasteiger partial charge in [0.05, 0.1) is 11.4 Å². The summed E-state index contributed by atoms with van der Waals surface area (Å²) in [5, 5.41) is 12.4. The van der Waals surface area contributed by atoms with E-state index in [1.807, 2.05) is 13.1 Å². The molecule has 0 saturated heterocycles. The summed E-state index contributed by atoms with van der Waals surface area (Å²) in [5.41, 5.74) is 3.66. The van der Waals surface area contributed by atoms with Crippen molar-refractivity contribution in [1.82, 2.24) is 0 Å². The highest BCUT2D eigenvalue weighted by molar-refractivity contribution is 5.71. The summed E-state index contributed by atoms with van der Waals surface area (Å²) in [5.74, 6) is 1.06. The summed E-state index contributed by atoms with van der Waals surface area (Å²) in [7, 11) is 3.91. The number of phenolic OH excluding ortho intramolecular Hbond substituents is 1. The Morgan fingerprint density at radius 3 is 2.31 bits per heavy atom. The smallest absolute Gasteiger partial charge is 0.117 e. The summed E-state index contributed by atoms with van der Waals surface area (Å²) in [6, 6.07) is 5.38. The van der Waals surface area contributed by atoms with E-state index in [2.05, 4.69) is 70.1 Å². The normalized spacial score (nSPS) is 15.0.